The largest absolute Gasteiger partial charge is 0.460 e. The normalized spacial score (nSPS) is 11.7. The quantitative estimate of drug-likeness (QED) is 0.0917. The number of unbranched alkanes of at least 4 members (excludes halogenated alkanes) is 1. The summed E-state index contributed by atoms with van der Waals surface area (Å²) >= 11 is 0. The summed E-state index contributed by atoms with van der Waals surface area (Å²) in [5.74, 6) is -1.90. The Kier molecular flexibility index (Phi) is 17.0. The molecule has 0 aliphatic heterocycles. The van der Waals surface area contributed by atoms with Gasteiger partial charge in [-0.3, -0.25) is 19.2 Å². The van der Waals surface area contributed by atoms with Crippen LogP contribution in [0.2, 0.25) is 0 Å². The molecule has 0 saturated heterocycles. The van der Waals surface area contributed by atoms with E-state index in [0.717, 1.165) is 5.56 Å². The molecule has 14 heteroatoms. The maximum atomic E-state index is 13.5. The number of carbonyl (C=O) groups excluding carboxylic acids is 6. The van der Waals surface area contributed by atoms with Crippen LogP contribution in [0.25, 0.3) is 0 Å². The molecule has 5 N–H and O–H groups in total. The van der Waals surface area contributed by atoms with Gasteiger partial charge in [0.05, 0.1) is 0 Å². The van der Waals surface area contributed by atoms with Crippen molar-refractivity contribution in [3.05, 3.63) is 96.6 Å². The third-order valence-electron chi connectivity index (χ3n) is 7.13. The van der Waals surface area contributed by atoms with Crippen LogP contribution in [0, 0.1) is 5.92 Å². The first-order chi connectivity index (χ1) is 24.6. The van der Waals surface area contributed by atoms with Gasteiger partial charge in [-0.25, -0.2) is 9.59 Å². The number of nitrogens with one attached hydrogen (secondary N) is 5. The number of rotatable bonds is 19. The molecule has 0 saturated carbocycles. The molecule has 272 valence electrons. The lowest BCUT2D eigenvalue weighted by molar-refractivity contribution is -0.145. The average Bonchev–Trinajstić information content (AvgIpc) is 3.12. The second kappa shape index (κ2) is 21.9. The second-order valence-corrected chi connectivity index (χ2v) is 11.9. The molecule has 51 heavy (non-hydrogen) atoms. The van der Waals surface area contributed by atoms with Gasteiger partial charge in [-0.15, -0.1) is 0 Å². The highest BCUT2D eigenvalue weighted by Crippen LogP contribution is 2.11. The van der Waals surface area contributed by atoms with Crippen molar-refractivity contribution in [1.29, 1.82) is 0 Å². The van der Waals surface area contributed by atoms with E-state index in [0.29, 0.717) is 24.3 Å². The van der Waals surface area contributed by atoms with Crippen LogP contribution in [0.4, 0.5) is 9.59 Å². The van der Waals surface area contributed by atoms with Crippen LogP contribution in [-0.4, -0.2) is 67.6 Å². The molecule has 2 atom stereocenters. The lowest BCUT2D eigenvalue weighted by Gasteiger charge is -2.24. The standard InChI is InChI=1S/C37H45N5O9/c1-26(2)22-31(41-32(43)23-40-37(48)51-29-18-10-5-11-19-29)35(46)42-30(20-12-13-21-38-36(47)50-28-16-8-4-9-17-28)34(45)39-24-33(44)49-25-27-14-6-3-7-15-27/h3-11,14-19,26,30-31H,12-13,20-25H2,1-2H3,(H,38,47)(H,39,45)(H,40,48)(H,41,43)(H,42,46)/t30-,31-/m0/s1. The van der Waals surface area contributed by atoms with E-state index < -0.39 is 61.1 Å². The van der Waals surface area contributed by atoms with E-state index in [4.69, 9.17) is 14.2 Å². The third-order valence-corrected chi connectivity index (χ3v) is 7.13. The van der Waals surface area contributed by atoms with Gasteiger partial charge in [0.25, 0.3) is 0 Å². The van der Waals surface area contributed by atoms with Crippen LogP contribution in [0.1, 0.15) is 45.1 Å². The van der Waals surface area contributed by atoms with Gasteiger partial charge in [-0.1, -0.05) is 80.6 Å². The number of ether oxygens (including phenoxy) is 3. The van der Waals surface area contributed by atoms with Crippen molar-refractivity contribution in [3.8, 4) is 11.5 Å². The topological polar surface area (TPSA) is 190 Å². The molecule has 0 aromatic heterocycles. The highest BCUT2D eigenvalue weighted by Gasteiger charge is 2.28. The molecule has 0 bridgehead atoms. The van der Waals surface area contributed by atoms with Crippen molar-refractivity contribution >= 4 is 35.9 Å². The summed E-state index contributed by atoms with van der Waals surface area (Å²) in [7, 11) is 0. The molecule has 0 aliphatic carbocycles. The number of hydrogen-bond donors (Lipinski definition) is 5. The van der Waals surface area contributed by atoms with E-state index in [1.54, 1.807) is 72.8 Å². The fraction of sp³-hybridized carbons (Fsp3) is 0.351. The molecule has 3 aromatic rings. The summed E-state index contributed by atoms with van der Waals surface area (Å²) < 4.78 is 15.6. The molecule has 0 heterocycles. The van der Waals surface area contributed by atoms with E-state index in [1.165, 1.54) is 0 Å². The minimum absolute atomic E-state index is 0.0227. The van der Waals surface area contributed by atoms with Crippen molar-refractivity contribution in [2.45, 2.75) is 58.2 Å². The van der Waals surface area contributed by atoms with Crippen molar-refractivity contribution in [2.75, 3.05) is 19.6 Å². The van der Waals surface area contributed by atoms with Crippen LogP contribution in [0.15, 0.2) is 91.0 Å². The zero-order chi connectivity index (χ0) is 36.8. The van der Waals surface area contributed by atoms with Gasteiger partial charge in [-0.2, -0.15) is 0 Å². The maximum absolute atomic E-state index is 13.5. The summed E-state index contributed by atoms with van der Waals surface area (Å²) in [6.07, 6.45) is -0.242. The monoisotopic (exact) mass is 703 g/mol. The first-order valence-corrected chi connectivity index (χ1v) is 16.7. The number of hydrogen-bond acceptors (Lipinski definition) is 9. The molecule has 3 aromatic carbocycles. The van der Waals surface area contributed by atoms with Gasteiger partial charge in [0, 0.05) is 6.54 Å². The smallest absolute Gasteiger partial charge is 0.413 e. The lowest BCUT2D eigenvalue weighted by Crippen LogP contribution is -2.55. The zero-order valence-corrected chi connectivity index (χ0v) is 28.7. The Labute approximate surface area is 297 Å². The fourth-order valence-corrected chi connectivity index (χ4v) is 4.64. The van der Waals surface area contributed by atoms with Gasteiger partial charge < -0.3 is 40.8 Å². The lowest BCUT2D eigenvalue weighted by atomic mass is 10.0. The highest BCUT2D eigenvalue weighted by atomic mass is 16.6. The van der Waals surface area contributed by atoms with Gasteiger partial charge in [0.2, 0.25) is 17.7 Å². The van der Waals surface area contributed by atoms with Crippen LogP contribution >= 0.6 is 0 Å². The number of para-hydroxylation sites is 2. The fourth-order valence-electron chi connectivity index (χ4n) is 4.64. The summed E-state index contributed by atoms with van der Waals surface area (Å²) in [6, 6.07) is 23.8. The van der Waals surface area contributed by atoms with Crippen molar-refractivity contribution in [2.24, 2.45) is 5.92 Å². The molecular weight excluding hydrogens is 658 g/mol. The Morgan fingerprint density at radius 3 is 1.76 bits per heavy atom. The SMILES string of the molecule is CC(C)C[C@H](NC(=O)CNC(=O)Oc1ccccc1)C(=O)N[C@@H](CCCCNC(=O)Oc1ccccc1)C(=O)NCC(=O)OCc1ccccc1. The number of benzene rings is 3. The Morgan fingerprint density at radius 2 is 1.18 bits per heavy atom. The van der Waals surface area contributed by atoms with Crippen molar-refractivity contribution in [3.63, 3.8) is 0 Å². The Bertz CT molecular complexity index is 1560. The van der Waals surface area contributed by atoms with E-state index in [9.17, 15) is 28.8 Å². The summed E-state index contributed by atoms with van der Waals surface area (Å²) in [4.78, 5) is 76.1. The first kappa shape index (κ1) is 39.5. The predicted molar refractivity (Wildman–Crippen MR) is 187 cm³/mol. The third kappa shape index (κ3) is 16.4. The molecule has 0 spiro atoms. The average molecular weight is 704 g/mol. The van der Waals surface area contributed by atoms with Gasteiger partial charge in [-0.05, 0) is 61.4 Å². The molecule has 0 unspecified atom stereocenters. The van der Waals surface area contributed by atoms with E-state index in [1.807, 2.05) is 32.0 Å². The Hall–Kier alpha value is -5.92. The van der Waals surface area contributed by atoms with E-state index in [-0.39, 0.29) is 31.9 Å². The summed E-state index contributed by atoms with van der Waals surface area (Å²) in [5, 5.41) is 12.8. The van der Waals surface area contributed by atoms with Crippen LogP contribution < -0.4 is 36.1 Å². The number of amides is 5. The summed E-state index contributed by atoms with van der Waals surface area (Å²) in [5.41, 5.74) is 0.783. The molecule has 3 rings (SSSR count). The van der Waals surface area contributed by atoms with Gasteiger partial charge in [0.15, 0.2) is 0 Å². The number of carbonyl (C=O) groups is 6. The minimum Gasteiger partial charge on any atom is -0.460 e. The molecule has 0 radical (unpaired) electrons. The van der Waals surface area contributed by atoms with Crippen LogP contribution in [0.3, 0.4) is 0 Å². The molecular formula is C37H45N5O9. The van der Waals surface area contributed by atoms with Crippen LogP contribution in [-0.2, 0) is 30.5 Å². The van der Waals surface area contributed by atoms with E-state index in [2.05, 4.69) is 26.6 Å². The summed E-state index contributed by atoms with van der Waals surface area (Å²) in [6.45, 7) is 3.12. The van der Waals surface area contributed by atoms with E-state index >= 15 is 0 Å². The van der Waals surface area contributed by atoms with Crippen molar-refractivity contribution in [1.82, 2.24) is 26.6 Å². The first-order valence-electron chi connectivity index (χ1n) is 16.7. The van der Waals surface area contributed by atoms with Gasteiger partial charge in [0.1, 0.15) is 43.3 Å². The molecule has 0 aliphatic rings. The van der Waals surface area contributed by atoms with Gasteiger partial charge >= 0.3 is 18.2 Å². The number of esters is 1. The Balaban J connectivity index is 1.55. The molecule has 0 fully saturated rings. The van der Waals surface area contributed by atoms with Crippen molar-refractivity contribution < 1.29 is 43.0 Å². The van der Waals surface area contributed by atoms with Crippen LogP contribution in [0.5, 0.6) is 11.5 Å². The second-order valence-electron chi connectivity index (χ2n) is 11.9. The Morgan fingerprint density at radius 1 is 0.608 bits per heavy atom. The highest BCUT2D eigenvalue weighted by molar-refractivity contribution is 5.93. The zero-order valence-electron chi connectivity index (χ0n) is 28.7. The maximum Gasteiger partial charge on any atom is 0.413 e. The molecule has 5 amide bonds. The molecule has 14 nitrogen and oxygen atoms in total. The predicted octanol–water partition coefficient (Wildman–Crippen LogP) is 3.61. The minimum atomic E-state index is -1.08.